The number of amides is 1. The van der Waals surface area contributed by atoms with E-state index in [-0.39, 0.29) is 5.91 Å². The topological polar surface area (TPSA) is 97.9 Å². The van der Waals surface area contributed by atoms with Crippen molar-refractivity contribution in [2.24, 2.45) is 0 Å². The van der Waals surface area contributed by atoms with Crippen molar-refractivity contribution in [2.75, 3.05) is 11.1 Å². The minimum atomic E-state index is -0.320. The zero-order valence-corrected chi connectivity index (χ0v) is 16.9. The van der Waals surface area contributed by atoms with E-state index >= 15 is 0 Å². The monoisotopic (exact) mass is 406 g/mol. The van der Waals surface area contributed by atoms with Gasteiger partial charge in [-0.05, 0) is 30.2 Å². The maximum Gasteiger partial charge on any atom is 0.302 e. The van der Waals surface area contributed by atoms with Crippen LogP contribution in [0, 0.1) is 13.8 Å². The Morgan fingerprint density at radius 3 is 2.76 bits per heavy atom. The number of nitrogen functional groups attached to an aromatic ring is 1. The summed E-state index contributed by atoms with van der Waals surface area (Å²) in [6.45, 7) is 4.06. The standard InChI is InChI=1S/C21H19N5O2S/c1-11-3-5-13(6-4-11)18-12(2)9-15-17(22)19(29-21(15)24-18)20(27)23-16-10-26(25-28-16)14-7-8-14/h3-6,9-10,14H,7-8H2,1-2H3,(H2-,22,23,25,27)/p+1. The van der Waals surface area contributed by atoms with Gasteiger partial charge in [0.1, 0.15) is 9.71 Å². The average Bonchev–Trinajstić information content (AvgIpc) is 3.37. The number of aromatic nitrogens is 3. The van der Waals surface area contributed by atoms with Crippen LogP contribution in [0.4, 0.5) is 11.6 Å². The van der Waals surface area contributed by atoms with Crippen molar-refractivity contribution >= 4 is 39.0 Å². The molecule has 1 saturated carbocycles. The zero-order valence-electron chi connectivity index (χ0n) is 16.1. The molecule has 1 aliphatic rings. The maximum absolute atomic E-state index is 12.8. The summed E-state index contributed by atoms with van der Waals surface area (Å²) >= 11 is 1.28. The van der Waals surface area contributed by atoms with Gasteiger partial charge in [0, 0.05) is 23.8 Å². The van der Waals surface area contributed by atoms with Gasteiger partial charge in [0.2, 0.25) is 5.27 Å². The minimum Gasteiger partial charge on any atom is -0.397 e. The fraction of sp³-hybridized carbons (Fsp3) is 0.238. The predicted molar refractivity (Wildman–Crippen MR) is 112 cm³/mol. The third kappa shape index (κ3) is 3.25. The van der Waals surface area contributed by atoms with Crippen molar-refractivity contribution in [3.63, 3.8) is 0 Å². The number of hydrogen-bond donors (Lipinski definition) is 2. The maximum atomic E-state index is 12.8. The number of hydrogen-bond acceptors (Lipinski definition) is 6. The second-order valence-electron chi connectivity index (χ2n) is 7.45. The van der Waals surface area contributed by atoms with Crippen LogP contribution in [-0.4, -0.2) is 16.2 Å². The number of nitrogens with one attached hydrogen (secondary N) is 1. The van der Waals surface area contributed by atoms with E-state index in [1.807, 2.05) is 13.0 Å². The van der Waals surface area contributed by atoms with Gasteiger partial charge in [0.25, 0.3) is 12.1 Å². The molecule has 7 nitrogen and oxygen atoms in total. The van der Waals surface area contributed by atoms with Crippen molar-refractivity contribution in [2.45, 2.75) is 32.7 Å². The molecule has 8 heteroatoms. The molecule has 1 fully saturated rings. The van der Waals surface area contributed by atoms with Crippen LogP contribution >= 0.6 is 11.3 Å². The Morgan fingerprint density at radius 2 is 2.03 bits per heavy atom. The van der Waals surface area contributed by atoms with Crippen molar-refractivity contribution in [1.29, 1.82) is 0 Å². The molecule has 29 heavy (non-hydrogen) atoms. The van der Waals surface area contributed by atoms with Crippen LogP contribution in [0.3, 0.4) is 0 Å². The number of nitrogens with two attached hydrogens (primary N) is 1. The van der Waals surface area contributed by atoms with Gasteiger partial charge in [0.05, 0.1) is 11.4 Å². The van der Waals surface area contributed by atoms with E-state index < -0.39 is 0 Å². The third-order valence-corrected chi connectivity index (χ3v) is 6.20. The SMILES string of the molecule is Cc1ccc(-c2nc3sc(C(=O)Nc4c[n+](C5CC5)no4)c(N)c3cc2C)cc1. The molecule has 0 spiro atoms. The number of carbonyl (C=O) groups excluding carboxylic acids is 1. The van der Waals surface area contributed by atoms with Crippen molar-refractivity contribution in [3.05, 3.63) is 52.5 Å². The average molecular weight is 406 g/mol. The first-order valence-corrected chi connectivity index (χ1v) is 10.3. The van der Waals surface area contributed by atoms with Crippen LogP contribution in [0.15, 0.2) is 41.1 Å². The molecule has 0 unspecified atom stereocenters. The van der Waals surface area contributed by atoms with Gasteiger partial charge in [-0.25, -0.2) is 4.98 Å². The number of nitrogens with zero attached hydrogens (tertiary/aromatic N) is 3. The smallest absolute Gasteiger partial charge is 0.302 e. The Morgan fingerprint density at radius 1 is 1.28 bits per heavy atom. The lowest BCUT2D eigenvalue weighted by molar-refractivity contribution is -0.765. The Hall–Kier alpha value is -3.26. The highest BCUT2D eigenvalue weighted by Gasteiger charge is 2.36. The van der Waals surface area contributed by atoms with E-state index in [1.54, 1.807) is 10.9 Å². The van der Waals surface area contributed by atoms with Crippen molar-refractivity contribution in [1.82, 2.24) is 10.3 Å². The van der Waals surface area contributed by atoms with E-state index in [1.165, 1.54) is 16.9 Å². The molecule has 1 aromatic carbocycles. The molecule has 0 aliphatic heterocycles. The zero-order chi connectivity index (χ0) is 20.1. The molecule has 3 N–H and O–H groups in total. The fourth-order valence-electron chi connectivity index (χ4n) is 3.31. The van der Waals surface area contributed by atoms with Crippen molar-refractivity contribution < 1.29 is 14.0 Å². The molecule has 1 aliphatic carbocycles. The molecular formula is C21H20N5O2S+. The van der Waals surface area contributed by atoms with Gasteiger partial charge in [-0.3, -0.25) is 14.6 Å². The second-order valence-corrected chi connectivity index (χ2v) is 8.45. The summed E-state index contributed by atoms with van der Waals surface area (Å²) in [7, 11) is 0. The molecule has 4 aromatic rings. The lowest BCUT2D eigenvalue weighted by atomic mass is 10.0. The molecule has 0 radical (unpaired) electrons. The van der Waals surface area contributed by atoms with Gasteiger partial charge in [0.15, 0.2) is 6.04 Å². The van der Waals surface area contributed by atoms with E-state index in [9.17, 15) is 4.79 Å². The van der Waals surface area contributed by atoms with Crippen LogP contribution in [0.2, 0.25) is 0 Å². The van der Waals surface area contributed by atoms with E-state index in [0.717, 1.165) is 39.9 Å². The van der Waals surface area contributed by atoms with Gasteiger partial charge < -0.3 is 5.73 Å². The van der Waals surface area contributed by atoms with Gasteiger partial charge in [-0.15, -0.1) is 11.3 Å². The lowest BCUT2D eigenvalue weighted by Crippen LogP contribution is -2.32. The number of rotatable bonds is 4. The van der Waals surface area contributed by atoms with Crippen LogP contribution in [0.1, 0.15) is 39.7 Å². The Labute approximate surface area is 171 Å². The normalized spacial score (nSPS) is 13.7. The largest absolute Gasteiger partial charge is 0.397 e. The molecule has 5 rings (SSSR count). The van der Waals surface area contributed by atoms with Gasteiger partial charge in [-0.1, -0.05) is 29.8 Å². The fourth-order valence-corrected chi connectivity index (χ4v) is 4.28. The second kappa shape index (κ2) is 6.66. The first-order chi connectivity index (χ1) is 14.0. The number of benzene rings is 1. The summed E-state index contributed by atoms with van der Waals surface area (Å²) in [5.74, 6) is -0.0117. The van der Waals surface area contributed by atoms with Crippen molar-refractivity contribution in [3.8, 4) is 11.3 Å². The van der Waals surface area contributed by atoms with Crippen LogP contribution in [-0.2, 0) is 0 Å². The number of fused-ring (bicyclic) bond motifs is 1. The van der Waals surface area contributed by atoms with E-state index in [4.69, 9.17) is 15.2 Å². The summed E-state index contributed by atoms with van der Waals surface area (Å²) in [5, 5.41) is 7.47. The highest BCUT2D eigenvalue weighted by molar-refractivity contribution is 7.21. The third-order valence-electron chi connectivity index (χ3n) is 5.08. The highest BCUT2D eigenvalue weighted by atomic mass is 32.1. The Bertz CT molecular complexity index is 1240. The molecule has 0 atom stereocenters. The number of carbonyl (C=O) groups is 1. The highest BCUT2D eigenvalue weighted by Crippen LogP contribution is 2.36. The number of anilines is 2. The summed E-state index contributed by atoms with van der Waals surface area (Å²) < 4.78 is 6.95. The summed E-state index contributed by atoms with van der Waals surface area (Å²) in [6, 6.07) is 10.6. The molecule has 1 amide bonds. The predicted octanol–water partition coefficient (Wildman–Crippen LogP) is 4.03. The first-order valence-electron chi connectivity index (χ1n) is 9.46. The first kappa shape index (κ1) is 17.8. The van der Waals surface area contributed by atoms with E-state index in [2.05, 4.69) is 41.8 Å². The van der Waals surface area contributed by atoms with Crippen LogP contribution in [0.5, 0.6) is 0 Å². The number of aryl methyl sites for hydroxylation is 2. The van der Waals surface area contributed by atoms with Crippen LogP contribution in [0.25, 0.3) is 21.5 Å². The minimum absolute atomic E-state index is 0.309. The summed E-state index contributed by atoms with van der Waals surface area (Å²) in [4.78, 5) is 18.7. The molecular weight excluding hydrogens is 386 g/mol. The van der Waals surface area contributed by atoms with Crippen LogP contribution < -0.4 is 15.7 Å². The number of thiophene rings is 1. The van der Waals surface area contributed by atoms with Gasteiger partial charge in [-0.2, -0.15) is 0 Å². The molecule has 0 bridgehead atoms. The summed E-state index contributed by atoms with van der Waals surface area (Å²) in [6.07, 6.45) is 3.88. The molecule has 0 saturated heterocycles. The molecule has 3 aromatic heterocycles. The van der Waals surface area contributed by atoms with Gasteiger partial charge >= 0.3 is 5.88 Å². The quantitative estimate of drug-likeness (QED) is 0.499. The van der Waals surface area contributed by atoms with E-state index in [0.29, 0.717) is 22.5 Å². The lowest BCUT2D eigenvalue weighted by Gasteiger charge is -2.06. The molecule has 146 valence electrons. The number of pyridine rings is 1. The molecule has 3 heterocycles. The summed E-state index contributed by atoms with van der Waals surface area (Å²) in [5.41, 5.74) is 10.9. The Balaban J connectivity index is 1.48. The Kier molecular flexibility index (Phi) is 4.09.